The summed E-state index contributed by atoms with van der Waals surface area (Å²) in [7, 11) is 0. The standard InChI is InChI=1S/C25H38N4O2S/c1-17-11-18(2)14-29(13-17)15-20-9-7-19(8-10-20)12-26-23(30)6-4-3-5-22-24-21(16-32-22)27-25(31)28-24/h7-10,17-18,21-22,24H,3-6,11-16H2,1-2H3,(H,26,30)(H2,27,28,31)/t17?,18?,21-,22-,24-/m0/s1. The van der Waals surface area contributed by atoms with Gasteiger partial charge < -0.3 is 16.0 Å². The number of carbonyl (C=O) groups excluding carboxylic acids is 2. The normalized spacial score (nSPS) is 29.9. The third kappa shape index (κ3) is 6.41. The zero-order valence-corrected chi connectivity index (χ0v) is 20.3. The Bertz CT molecular complexity index is 777. The minimum Gasteiger partial charge on any atom is -0.352 e. The Hall–Kier alpha value is -1.73. The van der Waals surface area contributed by atoms with Crippen LogP contribution < -0.4 is 16.0 Å². The number of amides is 3. The average molecular weight is 459 g/mol. The van der Waals surface area contributed by atoms with Crippen LogP contribution in [0.25, 0.3) is 0 Å². The van der Waals surface area contributed by atoms with E-state index in [0.717, 1.165) is 49.0 Å². The van der Waals surface area contributed by atoms with E-state index >= 15 is 0 Å². The molecule has 0 spiro atoms. The number of hydrogen-bond acceptors (Lipinski definition) is 4. The number of carbonyl (C=O) groups is 2. The van der Waals surface area contributed by atoms with Crippen molar-refractivity contribution >= 4 is 23.7 Å². The van der Waals surface area contributed by atoms with Gasteiger partial charge in [0, 0.05) is 43.6 Å². The van der Waals surface area contributed by atoms with Crippen LogP contribution in [0.1, 0.15) is 57.1 Å². The van der Waals surface area contributed by atoms with Gasteiger partial charge in [-0.15, -0.1) is 0 Å². The molecule has 3 fully saturated rings. The highest BCUT2D eigenvalue weighted by molar-refractivity contribution is 8.00. The van der Waals surface area contributed by atoms with Gasteiger partial charge in [-0.2, -0.15) is 11.8 Å². The molecule has 3 heterocycles. The zero-order valence-electron chi connectivity index (χ0n) is 19.4. The zero-order chi connectivity index (χ0) is 22.5. The summed E-state index contributed by atoms with van der Waals surface area (Å²) in [5.74, 6) is 2.67. The van der Waals surface area contributed by atoms with E-state index < -0.39 is 0 Å². The van der Waals surface area contributed by atoms with Gasteiger partial charge in [-0.3, -0.25) is 9.69 Å². The van der Waals surface area contributed by atoms with Crippen molar-refractivity contribution in [1.82, 2.24) is 20.9 Å². The molecule has 3 amide bonds. The molecule has 3 N–H and O–H groups in total. The van der Waals surface area contributed by atoms with E-state index in [2.05, 4.69) is 59.0 Å². The van der Waals surface area contributed by atoms with Crippen LogP contribution in [0.3, 0.4) is 0 Å². The van der Waals surface area contributed by atoms with Gasteiger partial charge in [0.15, 0.2) is 0 Å². The van der Waals surface area contributed by atoms with Crippen molar-refractivity contribution in [2.24, 2.45) is 11.8 Å². The fourth-order valence-electron chi connectivity index (χ4n) is 5.50. The average Bonchev–Trinajstić information content (AvgIpc) is 3.29. The molecule has 5 atom stereocenters. The van der Waals surface area contributed by atoms with Crippen molar-refractivity contribution < 1.29 is 9.59 Å². The summed E-state index contributed by atoms with van der Waals surface area (Å²) in [5, 5.41) is 9.54. The molecule has 0 saturated carbocycles. The van der Waals surface area contributed by atoms with Crippen molar-refractivity contribution in [2.45, 2.75) is 76.4 Å². The second-order valence-electron chi connectivity index (χ2n) is 10.1. The minimum absolute atomic E-state index is 0.0339. The number of piperidine rings is 1. The quantitative estimate of drug-likeness (QED) is 0.391. The van der Waals surface area contributed by atoms with Crippen LogP contribution in [-0.4, -0.2) is 53.0 Å². The minimum atomic E-state index is -0.0339. The third-order valence-corrected chi connectivity index (χ3v) is 8.45. The number of urea groups is 1. The lowest BCUT2D eigenvalue weighted by molar-refractivity contribution is -0.121. The Morgan fingerprint density at radius 3 is 2.56 bits per heavy atom. The number of thioether (sulfide) groups is 1. The van der Waals surface area contributed by atoms with E-state index in [1.54, 1.807) is 0 Å². The molecular weight excluding hydrogens is 420 g/mol. The number of benzene rings is 1. The molecule has 32 heavy (non-hydrogen) atoms. The van der Waals surface area contributed by atoms with Gasteiger partial charge in [0.05, 0.1) is 12.1 Å². The highest BCUT2D eigenvalue weighted by atomic mass is 32.2. The number of nitrogens with one attached hydrogen (secondary N) is 3. The van der Waals surface area contributed by atoms with Gasteiger partial charge in [-0.25, -0.2) is 4.79 Å². The molecular formula is C25H38N4O2S. The smallest absolute Gasteiger partial charge is 0.315 e. The second kappa shape index (κ2) is 10.9. The van der Waals surface area contributed by atoms with Gasteiger partial charge in [0.1, 0.15) is 0 Å². The highest BCUT2D eigenvalue weighted by Gasteiger charge is 2.42. The summed E-state index contributed by atoms with van der Waals surface area (Å²) >= 11 is 1.93. The molecule has 6 nitrogen and oxygen atoms in total. The lowest BCUT2D eigenvalue weighted by atomic mass is 9.91. The van der Waals surface area contributed by atoms with E-state index in [1.165, 1.54) is 25.1 Å². The molecule has 3 saturated heterocycles. The number of unbranched alkanes of at least 4 members (excludes halogenated alkanes) is 1. The molecule has 3 aliphatic heterocycles. The van der Waals surface area contributed by atoms with Crippen molar-refractivity contribution in [2.75, 3.05) is 18.8 Å². The summed E-state index contributed by atoms with van der Waals surface area (Å²) in [6.07, 6.45) is 4.88. The summed E-state index contributed by atoms with van der Waals surface area (Å²) in [6, 6.07) is 9.19. The number of hydrogen-bond donors (Lipinski definition) is 3. The van der Waals surface area contributed by atoms with Gasteiger partial charge >= 0.3 is 6.03 Å². The first-order valence-corrected chi connectivity index (χ1v) is 13.3. The maximum absolute atomic E-state index is 12.2. The first-order valence-electron chi connectivity index (χ1n) is 12.2. The van der Waals surface area contributed by atoms with Crippen LogP contribution >= 0.6 is 11.8 Å². The van der Waals surface area contributed by atoms with Gasteiger partial charge in [-0.05, 0) is 42.2 Å². The van der Waals surface area contributed by atoms with Crippen LogP contribution in [-0.2, 0) is 17.9 Å². The van der Waals surface area contributed by atoms with Crippen LogP contribution in [0.4, 0.5) is 4.79 Å². The van der Waals surface area contributed by atoms with E-state index in [1.807, 2.05) is 11.8 Å². The Labute approximate surface area is 196 Å². The predicted molar refractivity (Wildman–Crippen MR) is 130 cm³/mol. The van der Waals surface area contributed by atoms with E-state index in [4.69, 9.17) is 0 Å². The molecule has 1 aromatic rings. The van der Waals surface area contributed by atoms with Gasteiger partial charge in [0.2, 0.25) is 5.91 Å². The largest absolute Gasteiger partial charge is 0.352 e. The van der Waals surface area contributed by atoms with Crippen molar-refractivity contribution in [3.8, 4) is 0 Å². The van der Waals surface area contributed by atoms with E-state index in [-0.39, 0.29) is 24.0 Å². The number of likely N-dealkylation sites (tertiary alicyclic amines) is 1. The third-order valence-electron chi connectivity index (χ3n) is 6.94. The maximum Gasteiger partial charge on any atom is 0.315 e. The molecule has 0 radical (unpaired) electrons. The monoisotopic (exact) mass is 458 g/mol. The lowest BCUT2D eigenvalue weighted by Crippen LogP contribution is -2.38. The van der Waals surface area contributed by atoms with Crippen molar-refractivity contribution in [3.05, 3.63) is 35.4 Å². The van der Waals surface area contributed by atoms with Gasteiger partial charge in [-0.1, -0.05) is 44.5 Å². The van der Waals surface area contributed by atoms with Crippen LogP contribution in [0.5, 0.6) is 0 Å². The molecule has 7 heteroatoms. The highest BCUT2D eigenvalue weighted by Crippen LogP contribution is 2.33. The predicted octanol–water partition coefficient (Wildman–Crippen LogP) is 3.51. The first-order chi connectivity index (χ1) is 15.5. The molecule has 176 valence electrons. The summed E-state index contributed by atoms with van der Waals surface area (Å²) in [4.78, 5) is 26.3. The number of fused-ring (bicyclic) bond motifs is 1. The summed E-state index contributed by atoms with van der Waals surface area (Å²) in [6.45, 7) is 8.69. The Balaban J connectivity index is 1.11. The Kier molecular flexibility index (Phi) is 8.00. The van der Waals surface area contributed by atoms with E-state index in [0.29, 0.717) is 18.2 Å². The Morgan fingerprint density at radius 2 is 1.81 bits per heavy atom. The SMILES string of the molecule is CC1CC(C)CN(Cc2ccc(CNC(=O)CCCC[C@@H]3SC[C@@H]4NC(=O)N[C@@H]43)cc2)C1. The van der Waals surface area contributed by atoms with Gasteiger partial charge in [0.25, 0.3) is 0 Å². The molecule has 0 aliphatic carbocycles. The molecule has 1 aromatic carbocycles. The molecule has 0 bridgehead atoms. The van der Waals surface area contributed by atoms with Crippen LogP contribution in [0, 0.1) is 11.8 Å². The Morgan fingerprint density at radius 1 is 1.09 bits per heavy atom. The number of nitrogens with zero attached hydrogens (tertiary/aromatic N) is 1. The topological polar surface area (TPSA) is 73.5 Å². The first kappa shape index (κ1) is 23.4. The molecule has 0 aromatic heterocycles. The van der Waals surface area contributed by atoms with Crippen LogP contribution in [0.2, 0.25) is 0 Å². The van der Waals surface area contributed by atoms with Crippen molar-refractivity contribution in [3.63, 3.8) is 0 Å². The lowest BCUT2D eigenvalue weighted by Gasteiger charge is -2.35. The fourth-order valence-corrected chi connectivity index (χ4v) is 7.05. The second-order valence-corrected chi connectivity index (χ2v) is 11.4. The molecule has 3 aliphatic rings. The van der Waals surface area contributed by atoms with Crippen molar-refractivity contribution in [1.29, 1.82) is 0 Å². The molecule has 2 unspecified atom stereocenters. The van der Waals surface area contributed by atoms with E-state index in [9.17, 15) is 9.59 Å². The molecule has 4 rings (SSSR count). The maximum atomic E-state index is 12.2. The fraction of sp³-hybridized carbons (Fsp3) is 0.680. The number of rotatable bonds is 9. The summed E-state index contributed by atoms with van der Waals surface area (Å²) < 4.78 is 0. The summed E-state index contributed by atoms with van der Waals surface area (Å²) in [5.41, 5.74) is 2.50. The van der Waals surface area contributed by atoms with Crippen LogP contribution in [0.15, 0.2) is 24.3 Å².